The van der Waals surface area contributed by atoms with Crippen molar-refractivity contribution in [2.24, 2.45) is 0 Å². The van der Waals surface area contributed by atoms with Crippen LogP contribution >= 0.6 is 12.2 Å². The number of thiocarbonyl (C=S) groups is 1. The van der Waals surface area contributed by atoms with Gasteiger partial charge in [0.1, 0.15) is 0 Å². The van der Waals surface area contributed by atoms with Crippen molar-refractivity contribution >= 4 is 17.7 Å². The molecule has 0 unspecified atom stereocenters. The van der Waals surface area contributed by atoms with E-state index in [2.05, 4.69) is 23.2 Å². The molecular weight excluding hydrogens is 110 g/mol. The molecule has 1 aliphatic heterocycles. The number of rotatable bonds is 1. The monoisotopic (exact) mass is 117 g/mol. The van der Waals surface area contributed by atoms with Crippen LogP contribution in [0.3, 0.4) is 0 Å². The summed E-state index contributed by atoms with van der Waals surface area (Å²) >= 11 is 4.61. The van der Waals surface area contributed by atoms with Crippen molar-refractivity contribution in [1.82, 2.24) is 16.0 Å². The Hall–Kier alpha value is -0.190. The third kappa shape index (κ3) is 1.09. The van der Waals surface area contributed by atoms with Crippen molar-refractivity contribution in [2.45, 2.75) is 0 Å². The maximum absolute atomic E-state index is 4.61. The Morgan fingerprint density at radius 2 is 2.57 bits per heavy atom. The molecular formula is C3H7N3S. The van der Waals surface area contributed by atoms with Gasteiger partial charge in [-0.1, -0.05) is 12.2 Å². The molecule has 0 aliphatic carbocycles. The van der Waals surface area contributed by atoms with Gasteiger partial charge in [-0.3, -0.25) is 5.01 Å². The minimum absolute atomic E-state index is 0.962. The van der Waals surface area contributed by atoms with Crippen molar-refractivity contribution in [3.63, 3.8) is 0 Å². The van der Waals surface area contributed by atoms with Gasteiger partial charge in [-0.2, -0.15) is 5.53 Å². The quantitative estimate of drug-likeness (QED) is 0.443. The highest BCUT2D eigenvalue weighted by atomic mass is 32.1. The normalized spacial score (nSPS) is 20.3. The fourth-order valence-corrected chi connectivity index (χ4v) is 0.627. The van der Waals surface area contributed by atoms with Crippen molar-refractivity contribution in [2.75, 3.05) is 13.1 Å². The Kier molecular flexibility index (Phi) is 1.56. The first kappa shape index (κ1) is 4.96. The minimum Gasteiger partial charge on any atom is -0.290 e. The molecule has 0 aromatic rings. The van der Waals surface area contributed by atoms with E-state index in [-0.39, 0.29) is 0 Å². The molecule has 7 heavy (non-hydrogen) atoms. The van der Waals surface area contributed by atoms with E-state index in [0.717, 1.165) is 13.1 Å². The first-order valence-electron chi connectivity index (χ1n) is 2.14. The molecule has 1 heterocycles. The number of hydrogen-bond acceptors (Lipinski definition) is 3. The van der Waals surface area contributed by atoms with Crippen LogP contribution in [0.5, 0.6) is 0 Å². The van der Waals surface area contributed by atoms with E-state index in [4.69, 9.17) is 0 Å². The second-order valence-electron chi connectivity index (χ2n) is 1.34. The van der Waals surface area contributed by atoms with Gasteiger partial charge in [0.05, 0.1) is 12.0 Å². The van der Waals surface area contributed by atoms with Crippen LogP contribution in [0.15, 0.2) is 0 Å². The van der Waals surface area contributed by atoms with Gasteiger partial charge in [-0.05, 0) is 0 Å². The summed E-state index contributed by atoms with van der Waals surface area (Å²) in [6, 6.07) is 0. The number of nitrogens with one attached hydrogen (secondary N) is 2. The second-order valence-corrected chi connectivity index (χ2v) is 1.55. The van der Waals surface area contributed by atoms with Crippen molar-refractivity contribution in [3.8, 4) is 0 Å². The second kappa shape index (κ2) is 2.20. The minimum atomic E-state index is 0.962. The lowest BCUT2D eigenvalue weighted by Gasteiger charge is -2.05. The van der Waals surface area contributed by atoms with E-state index >= 15 is 0 Å². The van der Waals surface area contributed by atoms with Crippen LogP contribution in [-0.2, 0) is 0 Å². The zero-order chi connectivity index (χ0) is 5.11. The van der Waals surface area contributed by atoms with E-state index in [0.29, 0.717) is 0 Å². The molecule has 0 amide bonds. The number of nitrogens with zero attached hydrogens (tertiary/aromatic N) is 1. The molecule has 40 valence electrons. The molecule has 1 fully saturated rings. The van der Waals surface area contributed by atoms with Gasteiger partial charge in [0.2, 0.25) is 0 Å². The summed E-state index contributed by atoms with van der Waals surface area (Å²) < 4.78 is 0. The van der Waals surface area contributed by atoms with Crippen LogP contribution < -0.4 is 11.0 Å². The van der Waals surface area contributed by atoms with Gasteiger partial charge in [0.15, 0.2) is 0 Å². The Morgan fingerprint density at radius 3 is 2.86 bits per heavy atom. The summed E-state index contributed by atoms with van der Waals surface area (Å²) in [5.74, 6) is 0. The fourth-order valence-electron chi connectivity index (χ4n) is 0.469. The standard InChI is InChI=1S/C3H7N3S/c7-3-6-2-1-4-5-6/h3-5H,1-2H2. The molecule has 1 saturated heterocycles. The van der Waals surface area contributed by atoms with E-state index in [1.807, 2.05) is 5.01 Å². The third-order valence-corrected chi connectivity index (χ3v) is 1.08. The highest BCUT2D eigenvalue weighted by Gasteiger charge is 2.02. The largest absolute Gasteiger partial charge is 0.290 e. The maximum atomic E-state index is 4.61. The number of hydrazine groups is 2. The lowest BCUT2D eigenvalue weighted by Crippen LogP contribution is -2.33. The van der Waals surface area contributed by atoms with Gasteiger partial charge in [-0.25, -0.2) is 5.43 Å². The van der Waals surface area contributed by atoms with Crippen LogP contribution in [-0.4, -0.2) is 23.6 Å². The highest BCUT2D eigenvalue weighted by molar-refractivity contribution is 7.78. The fraction of sp³-hybridized carbons (Fsp3) is 0.667. The van der Waals surface area contributed by atoms with Crippen molar-refractivity contribution < 1.29 is 0 Å². The van der Waals surface area contributed by atoms with Crippen LogP contribution in [0.2, 0.25) is 0 Å². The van der Waals surface area contributed by atoms with E-state index in [1.165, 1.54) is 0 Å². The molecule has 4 heteroatoms. The summed E-state index contributed by atoms with van der Waals surface area (Å²) in [7, 11) is 0. The molecule has 1 aliphatic rings. The predicted octanol–water partition coefficient (Wildman–Crippen LogP) is -0.732. The predicted molar refractivity (Wildman–Crippen MR) is 31.5 cm³/mol. The molecule has 0 bridgehead atoms. The van der Waals surface area contributed by atoms with Gasteiger partial charge in [0, 0.05) is 6.54 Å². The third-order valence-electron chi connectivity index (χ3n) is 0.828. The molecule has 0 radical (unpaired) electrons. The Labute approximate surface area is 47.6 Å². The summed E-state index contributed by atoms with van der Waals surface area (Å²) in [6.45, 7) is 1.93. The highest BCUT2D eigenvalue weighted by Crippen LogP contribution is 1.78. The van der Waals surface area contributed by atoms with Gasteiger partial charge >= 0.3 is 0 Å². The molecule has 3 nitrogen and oxygen atoms in total. The first-order chi connectivity index (χ1) is 3.43. The maximum Gasteiger partial charge on any atom is 0.0801 e. The SMILES string of the molecule is S=CN1CCNN1. The molecule has 2 N–H and O–H groups in total. The summed E-state index contributed by atoms with van der Waals surface area (Å²) in [5, 5.41) is 1.81. The van der Waals surface area contributed by atoms with Crippen LogP contribution in [0.4, 0.5) is 0 Å². The number of hydrogen-bond donors (Lipinski definition) is 2. The smallest absolute Gasteiger partial charge is 0.0801 e. The average Bonchev–Trinajstić information content (AvgIpc) is 2.14. The van der Waals surface area contributed by atoms with Crippen LogP contribution in [0.25, 0.3) is 0 Å². The first-order valence-corrected chi connectivity index (χ1v) is 2.61. The van der Waals surface area contributed by atoms with Gasteiger partial charge in [-0.15, -0.1) is 0 Å². The lowest BCUT2D eigenvalue weighted by atomic mass is 10.7. The molecule has 0 spiro atoms. The van der Waals surface area contributed by atoms with E-state index in [1.54, 1.807) is 5.49 Å². The van der Waals surface area contributed by atoms with E-state index < -0.39 is 0 Å². The molecule has 0 saturated carbocycles. The molecule has 0 atom stereocenters. The van der Waals surface area contributed by atoms with Gasteiger partial charge in [0.25, 0.3) is 0 Å². The van der Waals surface area contributed by atoms with Crippen molar-refractivity contribution in [3.05, 3.63) is 0 Å². The molecule has 1 rings (SSSR count). The Bertz CT molecular complexity index is 68.6. The molecule has 0 aromatic carbocycles. The Balaban J connectivity index is 2.26. The topological polar surface area (TPSA) is 27.3 Å². The zero-order valence-electron chi connectivity index (χ0n) is 3.85. The molecule has 0 aromatic heterocycles. The summed E-state index contributed by atoms with van der Waals surface area (Å²) in [5.41, 5.74) is 7.31. The van der Waals surface area contributed by atoms with Crippen molar-refractivity contribution in [1.29, 1.82) is 0 Å². The van der Waals surface area contributed by atoms with Crippen LogP contribution in [0, 0.1) is 0 Å². The summed E-state index contributed by atoms with van der Waals surface area (Å²) in [4.78, 5) is 0. The zero-order valence-corrected chi connectivity index (χ0v) is 4.66. The summed E-state index contributed by atoms with van der Waals surface area (Å²) in [6.07, 6.45) is 0. The van der Waals surface area contributed by atoms with E-state index in [9.17, 15) is 0 Å². The van der Waals surface area contributed by atoms with Gasteiger partial charge < -0.3 is 0 Å². The lowest BCUT2D eigenvalue weighted by molar-refractivity contribution is 0.384. The van der Waals surface area contributed by atoms with Crippen LogP contribution in [0.1, 0.15) is 0 Å². The average molecular weight is 117 g/mol. The Morgan fingerprint density at radius 1 is 1.71 bits per heavy atom.